The minimum atomic E-state index is -3.09. The van der Waals surface area contributed by atoms with Gasteiger partial charge in [-0.25, -0.2) is 12.7 Å². The molecule has 0 N–H and O–H groups in total. The summed E-state index contributed by atoms with van der Waals surface area (Å²) in [5, 5.41) is 0. The molecule has 1 saturated heterocycles. The van der Waals surface area contributed by atoms with Crippen molar-refractivity contribution < 1.29 is 13.2 Å². The largest absolute Gasteiger partial charge is 0.299 e. The minimum absolute atomic E-state index is 0.155. The molecule has 0 bridgehead atoms. The highest BCUT2D eigenvalue weighted by Crippen LogP contribution is 2.19. The summed E-state index contributed by atoms with van der Waals surface area (Å²) in [5.74, 6) is -0.480. The van der Waals surface area contributed by atoms with Crippen molar-refractivity contribution in [2.24, 2.45) is 5.92 Å². The molecule has 0 aromatic heterocycles. The Morgan fingerprint density at radius 2 is 1.85 bits per heavy atom. The molecule has 0 amide bonds. The van der Waals surface area contributed by atoms with E-state index in [1.54, 1.807) is 0 Å². The van der Waals surface area contributed by atoms with Gasteiger partial charge in [-0.1, -0.05) is 0 Å². The zero-order valence-corrected chi connectivity index (χ0v) is 8.38. The molecular formula is C8H13NO3S. The summed E-state index contributed by atoms with van der Waals surface area (Å²) in [6.45, 7) is 5.93. The highest BCUT2D eigenvalue weighted by molar-refractivity contribution is 7.88. The molecule has 0 spiro atoms. The average Bonchev–Trinajstić information content (AvgIpc) is 2.03. The van der Waals surface area contributed by atoms with Crippen molar-refractivity contribution in [1.82, 2.24) is 4.31 Å². The number of nitrogens with zero attached hydrogens (tertiary/aromatic N) is 1. The maximum Gasteiger partial charge on any atom is 0.211 e. The van der Waals surface area contributed by atoms with Crippen molar-refractivity contribution in [3.8, 4) is 0 Å². The molecule has 0 saturated carbocycles. The number of ketones is 1. The predicted molar refractivity (Wildman–Crippen MR) is 48.4 cm³/mol. The minimum Gasteiger partial charge on any atom is -0.299 e. The third-order valence-electron chi connectivity index (χ3n) is 2.33. The fraction of sp³-hybridized carbons (Fsp3) is 0.750. The van der Waals surface area contributed by atoms with Crippen LogP contribution in [0.15, 0.2) is 0 Å². The Kier molecular flexibility index (Phi) is 3.08. The molecule has 13 heavy (non-hydrogen) atoms. The molecule has 1 fully saturated rings. The summed E-state index contributed by atoms with van der Waals surface area (Å²) in [7, 11) is -3.09. The number of rotatable bonds is 2. The molecular weight excluding hydrogens is 190 g/mol. The Morgan fingerprint density at radius 1 is 1.38 bits per heavy atom. The number of sulfonamides is 1. The molecule has 0 aromatic rings. The molecule has 2 radical (unpaired) electrons. The Morgan fingerprint density at radius 3 is 2.15 bits per heavy atom. The van der Waals surface area contributed by atoms with Crippen LogP contribution in [0.4, 0.5) is 0 Å². The van der Waals surface area contributed by atoms with Crippen molar-refractivity contribution >= 4 is 15.8 Å². The number of piperidine rings is 1. The second kappa shape index (κ2) is 3.75. The van der Waals surface area contributed by atoms with Gasteiger partial charge in [0.25, 0.3) is 0 Å². The van der Waals surface area contributed by atoms with Crippen molar-refractivity contribution in [3.05, 3.63) is 6.92 Å². The molecule has 0 aliphatic carbocycles. The van der Waals surface area contributed by atoms with Gasteiger partial charge >= 0.3 is 0 Å². The van der Waals surface area contributed by atoms with E-state index >= 15 is 0 Å². The Bertz CT molecular complexity index is 289. The first-order valence-corrected chi connectivity index (χ1v) is 6.00. The number of hydrogen-bond donors (Lipinski definition) is 0. The quantitative estimate of drug-likeness (QED) is 0.631. The Balaban J connectivity index is 2.53. The zero-order chi connectivity index (χ0) is 10.1. The van der Waals surface area contributed by atoms with Crippen molar-refractivity contribution in [2.45, 2.75) is 12.8 Å². The first kappa shape index (κ1) is 10.7. The summed E-state index contributed by atoms with van der Waals surface area (Å²) >= 11 is 0. The van der Waals surface area contributed by atoms with E-state index in [1.165, 1.54) is 10.6 Å². The van der Waals surface area contributed by atoms with Gasteiger partial charge in [-0.2, -0.15) is 0 Å². The monoisotopic (exact) mass is 203 g/mol. The first-order chi connectivity index (χ1) is 5.91. The van der Waals surface area contributed by atoms with Gasteiger partial charge in [0.15, 0.2) is 0 Å². The van der Waals surface area contributed by atoms with Gasteiger partial charge < -0.3 is 0 Å². The van der Waals surface area contributed by atoms with E-state index in [2.05, 4.69) is 0 Å². The normalized spacial score (nSPS) is 21.7. The second-order valence-electron chi connectivity index (χ2n) is 3.34. The van der Waals surface area contributed by atoms with Crippen LogP contribution in [-0.2, 0) is 14.8 Å². The van der Waals surface area contributed by atoms with E-state index in [9.17, 15) is 13.2 Å². The average molecular weight is 203 g/mol. The smallest absolute Gasteiger partial charge is 0.211 e. The molecule has 4 nitrogen and oxygen atoms in total. The Labute approximate surface area is 79.0 Å². The zero-order valence-electron chi connectivity index (χ0n) is 7.56. The van der Waals surface area contributed by atoms with Crippen LogP contribution in [0.5, 0.6) is 0 Å². The van der Waals surface area contributed by atoms with Crippen molar-refractivity contribution in [2.75, 3.05) is 19.3 Å². The van der Waals surface area contributed by atoms with E-state index in [0.29, 0.717) is 25.9 Å². The van der Waals surface area contributed by atoms with Gasteiger partial charge in [0.05, 0.1) is 6.26 Å². The summed E-state index contributed by atoms with van der Waals surface area (Å²) in [6, 6.07) is 0. The van der Waals surface area contributed by atoms with Crippen LogP contribution in [0.2, 0.25) is 0 Å². The topological polar surface area (TPSA) is 54.5 Å². The van der Waals surface area contributed by atoms with Gasteiger partial charge in [0, 0.05) is 25.9 Å². The summed E-state index contributed by atoms with van der Waals surface area (Å²) in [6.07, 6.45) is 2.27. The van der Waals surface area contributed by atoms with Gasteiger partial charge in [-0.05, 0) is 12.8 Å². The van der Waals surface area contributed by atoms with Crippen molar-refractivity contribution in [1.29, 1.82) is 0 Å². The van der Waals surface area contributed by atoms with Gasteiger partial charge in [-0.3, -0.25) is 4.79 Å². The van der Waals surface area contributed by atoms with E-state index in [1.807, 2.05) is 0 Å². The fourth-order valence-corrected chi connectivity index (χ4v) is 2.35. The molecule has 74 valence electrons. The maximum atomic E-state index is 11.1. The predicted octanol–water partition coefficient (Wildman–Crippen LogP) is -0.0618. The lowest BCUT2D eigenvalue weighted by atomic mass is 9.95. The first-order valence-electron chi connectivity index (χ1n) is 4.15. The van der Waals surface area contributed by atoms with Crippen molar-refractivity contribution in [3.63, 3.8) is 0 Å². The lowest BCUT2D eigenvalue weighted by Crippen LogP contribution is -2.39. The molecule has 0 atom stereocenters. The third-order valence-corrected chi connectivity index (χ3v) is 3.63. The standard InChI is InChI=1S/C8H13NO3S/c1-7(10)8-3-5-9(6-4-8)13(2,11)12/h1,8H,3-6H2,2H3. The van der Waals surface area contributed by atoms with Crippen LogP contribution < -0.4 is 0 Å². The number of carbonyl (C=O) groups excluding carboxylic acids is 1. The molecule has 5 heteroatoms. The molecule has 0 unspecified atom stereocenters. The van der Waals surface area contributed by atoms with Crippen LogP contribution in [0.3, 0.4) is 0 Å². The molecule has 1 rings (SSSR count). The number of Topliss-reactive ketones (excluding diaryl/α,β-unsaturated/α-hetero) is 1. The Hall–Kier alpha value is -0.420. The van der Waals surface area contributed by atoms with Gasteiger partial charge in [0.2, 0.25) is 10.0 Å². The fourth-order valence-electron chi connectivity index (χ4n) is 1.47. The summed E-state index contributed by atoms with van der Waals surface area (Å²) in [4.78, 5) is 10.8. The van der Waals surface area contributed by atoms with E-state index < -0.39 is 10.0 Å². The van der Waals surface area contributed by atoms with Crippen LogP contribution in [-0.4, -0.2) is 37.9 Å². The van der Waals surface area contributed by atoms with Gasteiger partial charge in [-0.15, -0.1) is 0 Å². The van der Waals surface area contributed by atoms with E-state index in [0.717, 1.165) is 0 Å². The molecule has 1 aliphatic heterocycles. The molecule has 1 heterocycles. The number of hydrogen-bond acceptors (Lipinski definition) is 3. The van der Waals surface area contributed by atoms with Crippen LogP contribution >= 0.6 is 0 Å². The number of carbonyl (C=O) groups is 1. The maximum absolute atomic E-state index is 11.1. The lowest BCUT2D eigenvalue weighted by Gasteiger charge is -2.28. The lowest BCUT2D eigenvalue weighted by molar-refractivity contribution is -0.119. The van der Waals surface area contributed by atoms with Crippen LogP contribution in [0.1, 0.15) is 12.8 Å². The molecule has 1 aliphatic rings. The highest BCUT2D eigenvalue weighted by atomic mass is 32.2. The van der Waals surface area contributed by atoms with Crippen LogP contribution in [0, 0.1) is 12.8 Å². The summed E-state index contributed by atoms with van der Waals surface area (Å²) in [5.41, 5.74) is 0. The van der Waals surface area contributed by atoms with E-state index in [-0.39, 0.29) is 11.7 Å². The van der Waals surface area contributed by atoms with Gasteiger partial charge in [0.1, 0.15) is 5.78 Å². The van der Waals surface area contributed by atoms with E-state index in [4.69, 9.17) is 6.92 Å². The molecule has 0 aromatic carbocycles. The third kappa shape index (κ3) is 2.77. The SMILES string of the molecule is [CH]C(=O)C1CCN(S(C)(=O)=O)CC1. The summed E-state index contributed by atoms with van der Waals surface area (Å²) < 4.78 is 23.5. The second-order valence-corrected chi connectivity index (χ2v) is 5.32. The van der Waals surface area contributed by atoms with Crippen LogP contribution in [0.25, 0.3) is 0 Å². The highest BCUT2D eigenvalue weighted by Gasteiger charge is 2.26.